The van der Waals surface area contributed by atoms with Gasteiger partial charge in [-0.2, -0.15) is 10.4 Å². The zero-order valence-electron chi connectivity index (χ0n) is 12.8. The van der Waals surface area contributed by atoms with E-state index in [9.17, 15) is 5.26 Å². The van der Waals surface area contributed by atoms with Crippen LogP contribution in [0.15, 0.2) is 0 Å². The van der Waals surface area contributed by atoms with E-state index in [0.717, 1.165) is 49.6 Å². The Hall–Kier alpha value is -1.67. The second kappa shape index (κ2) is 6.19. The molecule has 1 fully saturated rings. The first-order valence-electron chi connectivity index (χ1n) is 7.27. The molecule has 108 valence electrons. The molecule has 1 aliphatic rings. The molecular weight excluding hydrogens is 250 g/mol. The van der Waals surface area contributed by atoms with E-state index in [1.54, 1.807) is 0 Å². The van der Waals surface area contributed by atoms with Gasteiger partial charge in [-0.1, -0.05) is 6.92 Å². The third-order valence-corrected chi connectivity index (χ3v) is 4.19. The predicted octanol–water partition coefficient (Wildman–Crippen LogP) is 1.89. The Kier molecular flexibility index (Phi) is 4.56. The van der Waals surface area contributed by atoms with Crippen molar-refractivity contribution in [2.75, 3.05) is 31.6 Å². The molecule has 1 aliphatic heterocycles. The fourth-order valence-corrected chi connectivity index (χ4v) is 2.80. The van der Waals surface area contributed by atoms with Crippen LogP contribution in [-0.2, 0) is 0 Å². The van der Waals surface area contributed by atoms with Gasteiger partial charge in [0.05, 0.1) is 5.69 Å². The molecule has 2 heterocycles. The number of hydrogen-bond donors (Lipinski definition) is 0. The molecule has 0 bridgehead atoms. The minimum Gasteiger partial charge on any atom is -0.350 e. The highest BCUT2D eigenvalue weighted by atomic mass is 15.3. The zero-order chi connectivity index (χ0) is 14.7. The molecule has 0 spiro atoms. The van der Waals surface area contributed by atoms with Crippen LogP contribution in [0.2, 0.25) is 0 Å². The summed E-state index contributed by atoms with van der Waals surface area (Å²) in [5, 5.41) is 18.0. The molecule has 1 aromatic rings. The molecule has 1 saturated heterocycles. The molecule has 20 heavy (non-hydrogen) atoms. The summed E-state index contributed by atoms with van der Waals surface area (Å²) in [5.74, 6) is 0.762. The van der Waals surface area contributed by atoms with Gasteiger partial charge in [-0.3, -0.25) is 0 Å². The van der Waals surface area contributed by atoms with Crippen molar-refractivity contribution in [3.63, 3.8) is 0 Å². The predicted molar refractivity (Wildman–Crippen MR) is 79.8 cm³/mol. The van der Waals surface area contributed by atoms with Crippen molar-refractivity contribution in [1.29, 1.82) is 5.26 Å². The van der Waals surface area contributed by atoms with Crippen molar-refractivity contribution in [1.82, 2.24) is 15.1 Å². The lowest BCUT2D eigenvalue weighted by atomic mass is 10.1. The van der Waals surface area contributed by atoms with Crippen molar-refractivity contribution in [3.8, 4) is 6.07 Å². The highest BCUT2D eigenvalue weighted by Gasteiger charge is 2.26. The molecule has 1 atom stereocenters. The van der Waals surface area contributed by atoms with Crippen LogP contribution >= 0.6 is 0 Å². The van der Waals surface area contributed by atoms with Crippen LogP contribution in [0.4, 0.5) is 5.82 Å². The van der Waals surface area contributed by atoms with Crippen LogP contribution in [-0.4, -0.2) is 47.8 Å². The van der Waals surface area contributed by atoms with Gasteiger partial charge in [0.15, 0.2) is 5.82 Å². The minimum atomic E-state index is 0.394. The second-order valence-corrected chi connectivity index (χ2v) is 5.59. The molecular formula is C15H23N5. The van der Waals surface area contributed by atoms with Crippen LogP contribution in [0.5, 0.6) is 0 Å². The standard InChI is InChI=1S/C15H23N5/c1-5-13-10-19(4)7-6-8-20(13)15-14(9-16)11(2)12(3)17-18-15/h13H,5-8,10H2,1-4H3. The molecule has 0 radical (unpaired) electrons. The van der Waals surface area contributed by atoms with E-state index in [2.05, 4.69) is 40.0 Å². The lowest BCUT2D eigenvalue weighted by Crippen LogP contribution is -2.41. The molecule has 0 N–H and O–H groups in total. The SMILES string of the molecule is CCC1CN(C)CCCN1c1nnc(C)c(C)c1C#N. The summed E-state index contributed by atoms with van der Waals surface area (Å²) < 4.78 is 0. The Bertz CT molecular complexity index is 520. The van der Waals surface area contributed by atoms with Crippen molar-refractivity contribution in [2.24, 2.45) is 0 Å². The third kappa shape index (κ3) is 2.75. The molecule has 1 aromatic heterocycles. The highest BCUT2D eigenvalue weighted by molar-refractivity contribution is 5.58. The smallest absolute Gasteiger partial charge is 0.169 e. The van der Waals surface area contributed by atoms with Crippen molar-refractivity contribution >= 4 is 5.82 Å². The van der Waals surface area contributed by atoms with Gasteiger partial charge >= 0.3 is 0 Å². The van der Waals surface area contributed by atoms with Gasteiger partial charge in [0.25, 0.3) is 0 Å². The number of aryl methyl sites for hydroxylation is 1. The number of nitriles is 1. The first kappa shape index (κ1) is 14.7. The van der Waals surface area contributed by atoms with Crippen LogP contribution in [0.25, 0.3) is 0 Å². The molecule has 5 heteroatoms. The summed E-state index contributed by atoms with van der Waals surface area (Å²) in [6, 6.07) is 2.71. The van der Waals surface area contributed by atoms with Crippen molar-refractivity contribution in [3.05, 3.63) is 16.8 Å². The molecule has 0 aliphatic carbocycles. The Labute approximate surface area is 121 Å². The first-order chi connectivity index (χ1) is 9.58. The lowest BCUT2D eigenvalue weighted by Gasteiger charge is -2.31. The fourth-order valence-electron chi connectivity index (χ4n) is 2.80. The number of hydrogen-bond acceptors (Lipinski definition) is 5. The van der Waals surface area contributed by atoms with E-state index in [1.165, 1.54) is 0 Å². The Morgan fingerprint density at radius 2 is 2.05 bits per heavy atom. The topological polar surface area (TPSA) is 56.1 Å². The lowest BCUT2D eigenvalue weighted by molar-refractivity contribution is 0.327. The number of rotatable bonds is 2. The molecule has 0 amide bonds. The second-order valence-electron chi connectivity index (χ2n) is 5.59. The largest absolute Gasteiger partial charge is 0.350 e. The summed E-state index contributed by atoms with van der Waals surface area (Å²) >= 11 is 0. The van der Waals surface area contributed by atoms with Crippen LogP contribution in [0.3, 0.4) is 0 Å². The maximum absolute atomic E-state index is 9.48. The number of likely N-dealkylation sites (N-methyl/N-ethyl adjacent to an activating group) is 1. The maximum Gasteiger partial charge on any atom is 0.169 e. The average Bonchev–Trinajstić information content (AvgIpc) is 2.63. The van der Waals surface area contributed by atoms with Crippen molar-refractivity contribution < 1.29 is 0 Å². The van der Waals surface area contributed by atoms with Crippen LogP contribution in [0, 0.1) is 25.2 Å². The van der Waals surface area contributed by atoms with E-state index >= 15 is 0 Å². The van der Waals surface area contributed by atoms with Gasteiger partial charge < -0.3 is 9.80 Å². The minimum absolute atomic E-state index is 0.394. The third-order valence-electron chi connectivity index (χ3n) is 4.19. The summed E-state index contributed by atoms with van der Waals surface area (Å²) in [6.45, 7) is 9.09. The molecule has 1 unspecified atom stereocenters. The first-order valence-corrected chi connectivity index (χ1v) is 7.27. The zero-order valence-corrected chi connectivity index (χ0v) is 12.8. The maximum atomic E-state index is 9.48. The van der Waals surface area contributed by atoms with E-state index in [-0.39, 0.29) is 0 Å². The van der Waals surface area contributed by atoms with Crippen molar-refractivity contribution in [2.45, 2.75) is 39.7 Å². The summed E-state index contributed by atoms with van der Waals surface area (Å²) in [7, 11) is 2.16. The van der Waals surface area contributed by atoms with Crippen LogP contribution in [0.1, 0.15) is 36.6 Å². The molecule has 5 nitrogen and oxygen atoms in total. The van der Waals surface area contributed by atoms with E-state index < -0.39 is 0 Å². The van der Waals surface area contributed by atoms with Gasteiger partial charge in [-0.05, 0) is 45.8 Å². The van der Waals surface area contributed by atoms with E-state index in [1.807, 2.05) is 13.8 Å². The van der Waals surface area contributed by atoms with Gasteiger partial charge in [0, 0.05) is 19.1 Å². The monoisotopic (exact) mass is 273 g/mol. The molecule has 0 saturated carbocycles. The van der Waals surface area contributed by atoms with Gasteiger partial charge in [0.1, 0.15) is 11.6 Å². The Morgan fingerprint density at radius 3 is 2.70 bits per heavy atom. The average molecular weight is 273 g/mol. The summed E-state index contributed by atoms with van der Waals surface area (Å²) in [4.78, 5) is 4.64. The van der Waals surface area contributed by atoms with Gasteiger partial charge in [-0.15, -0.1) is 5.10 Å². The molecule has 2 rings (SSSR count). The van der Waals surface area contributed by atoms with Gasteiger partial charge in [-0.25, -0.2) is 0 Å². The Morgan fingerprint density at radius 1 is 1.30 bits per heavy atom. The highest BCUT2D eigenvalue weighted by Crippen LogP contribution is 2.25. The summed E-state index contributed by atoms with van der Waals surface area (Å²) in [5.41, 5.74) is 2.47. The summed E-state index contributed by atoms with van der Waals surface area (Å²) in [6.07, 6.45) is 2.14. The van der Waals surface area contributed by atoms with Gasteiger partial charge in [0.2, 0.25) is 0 Å². The molecule has 0 aromatic carbocycles. The number of anilines is 1. The fraction of sp³-hybridized carbons (Fsp3) is 0.667. The Balaban J connectivity index is 2.43. The van der Waals surface area contributed by atoms with E-state index in [4.69, 9.17) is 0 Å². The number of nitrogens with zero attached hydrogens (tertiary/aromatic N) is 5. The van der Waals surface area contributed by atoms with E-state index in [0.29, 0.717) is 11.6 Å². The quantitative estimate of drug-likeness (QED) is 0.823. The normalized spacial score (nSPS) is 20.6. The van der Waals surface area contributed by atoms with Crippen LogP contribution < -0.4 is 4.90 Å². The number of aromatic nitrogens is 2.